The van der Waals surface area contributed by atoms with E-state index in [0.29, 0.717) is 27.2 Å². The van der Waals surface area contributed by atoms with Crippen LogP contribution in [-0.2, 0) is 16.6 Å². The Hall–Kier alpha value is -2.51. The third-order valence-corrected chi connectivity index (χ3v) is 4.76. The maximum Gasteiger partial charge on any atom is 0.278 e. The monoisotopic (exact) mass is 375 g/mol. The molecule has 1 N–H and O–H groups in total. The van der Waals surface area contributed by atoms with E-state index < -0.39 is 15.7 Å². The number of hydrogen-bond donors (Lipinski definition) is 1. The number of pyridine rings is 1. The Bertz CT molecular complexity index is 994. The van der Waals surface area contributed by atoms with Crippen molar-refractivity contribution in [1.82, 2.24) is 4.98 Å². The molecule has 0 aliphatic carbocycles. The Labute approximate surface area is 151 Å². The molecule has 1 heterocycles. The smallest absolute Gasteiger partial charge is 0.278 e. The molecule has 6 nitrogen and oxygen atoms in total. The normalized spacial score (nSPS) is 12.1. The van der Waals surface area contributed by atoms with Crippen LogP contribution in [0.15, 0.2) is 48.8 Å². The van der Waals surface area contributed by atoms with E-state index >= 15 is 0 Å². The second kappa shape index (κ2) is 7.16. The molecule has 25 heavy (non-hydrogen) atoms. The number of nitrogens with one attached hydrogen (secondary N) is 1. The average molecular weight is 376 g/mol. The standard InChI is InChI=1S/C17H14ClN3O3S/c1-25(24)10-11-8-12(2-3-15(11)18)20-16-4-5-17(21(22)23)14-9-19-7-6-13(14)16/h2-9,20H,10H2,1H3. The SMILES string of the molecule is CS(=O)Cc1cc(Nc2ccc([N+](=O)[O-])c3cnccc23)ccc1Cl. The van der Waals surface area contributed by atoms with E-state index in [-0.39, 0.29) is 5.69 Å². The molecule has 0 aliphatic rings. The number of nitrogens with zero attached hydrogens (tertiary/aromatic N) is 2. The van der Waals surface area contributed by atoms with Crippen LogP contribution in [0, 0.1) is 10.1 Å². The number of anilines is 2. The minimum Gasteiger partial charge on any atom is -0.355 e. The fourth-order valence-corrected chi connectivity index (χ4v) is 3.52. The summed E-state index contributed by atoms with van der Waals surface area (Å²) in [7, 11) is -1.01. The number of benzene rings is 2. The minimum absolute atomic E-state index is 0.00632. The van der Waals surface area contributed by atoms with Gasteiger partial charge in [0.05, 0.1) is 10.3 Å². The van der Waals surface area contributed by atoms with Crippen molar-refractivity contribution in [3.05, 3.63) is 69.5 Å². The fourth-order valence-electron chi connectivity index (χ4n) is 2.58. The van der Waals surface area contributed by atoms with Gasteiger partial charge in [-0.1, -0.05) is 11.6 Å². The topological polar surface area (TPSA) is 85.1 Å². The van der Waals surface area contributed by atoms with Crippen molar-refractivity contribution >= 4 is 50.2 Å². The first-order chi connectivity index (χ1) is 12.0. The first-order valence-electron chi connectivity index (χ1n) is 7.32. The molecule has 0 bridgehead atoms. The van der Waals surface area contributed by atoms with Gasteiger partial charge in [0.2, 0.25) is 0 Å². The molecule has 1 unspecified atom stereocenters. The first kappa shape index (κ1) is 17.3. The largest absolute Gasteiger partial charge is 0.355 e. The van der Waals surface area contributed by atoms with Crippen LogP contribution in [0.3, 0.4) is 0 Å². The molecular formula is C17H14ClN3O3S. The molecule has 8 heteroatoms. The Morgan fingerprint density at radius 3 is 2.76 bits per heavy atom. The van der Waals surface area contributed by atoms with Gasteiger partial charge < -0.3 is 5.32 Å². The lowest BCUT2D eigenvalue weighted by molar-refractivity contribution is -0.383. The highest BCUT2D eigenvalue weighted by atomic mass is 35.5. The molecule has 0 radical (unpaired) electrons. The number of fused-ring (bicyclic) bond motifs is 1. The third-order valence-electron chi connectivity index (χ3n) is 3.68. The van der Waals surface area contributed by atoms with Gasteiger partial charge in [0, 0.05) is 63.1 Å². The van der Waals surface area contributed by atoms with Gasteiger partial charge in [-0.25, -0.2) is 0 Å². The average Bonchev–Trinajstić information content (AvgIpc) is 2.57. The molecule has 0 spiro atoms. The van der Waals surface area contributed by atoms with Crippen LogP contribution >= 0.6 is 11.6 Å². The lowest BCUT2D eigenvalue weighted by Crippen LogP contribution is -1.98. The van der Waals surface area contributed by atoms with E-state index in [1.807, 2.05) is 6.07 Å². The number of non-ortho nitro benzene ring substituents is 1. The maximum absolute atomic E-state index is 11.5. The molecular weight excluding hydrogens is 362 g/mol. The van der Waals surface area contributed by atoms with Crippen LogP contribution < -0.4 is 5.32 Å². The summed E-state index contributed by atoms with van der Waals surface area (Å²) in [5.41, 5.74) is 2.26. The number of hydrogen-bond acceptors (Lipinski definition) is 5. The van der Waals surface area contributed by atoms with Gasteiger partial charge in [-0.05, 0) is 35.9 Å². The van der Waals surface area contributed by atoms with Crippen molar-refractivity contribution in [3.8, 4) is 0 Å². The molecule has 128 valence electrons. The number of aromatic nitrogens is 1. The summed E-state index contributed by atoms with van der Waals surface area (Å²) in [6, 6.07) is 10.2. The molecule has 3 rings (SSSR count). The van der Waals surface area contributed by atoms with Crippen molar-refractivity contribution in [1.29, 1.82) is 0 Å². The van der Waals surface area contributed by atoms with Gasteiger partial charge in [0.25, 0.3) is 5.69 Å². The van der Waals surface area contributed by atoms with E-state index in [9.17, 15) is 14.3 Å². The third kappa shape index (κ3) is 3.78. The lowest BCUT2D eigenvalue weighted by atomic mass is 10.1. The van der Waals surface area contributed by atoms with E-state index in [1.165, 1.54) is 12.3 Å². The summed E-state index contributed by atoms with van der Waals surface area (Å²) in [5, 5.41) is 16.1. The second-order valence-corrected chi connectivity index (χ2v) is 7.30. The van der Waals surface area contributed by atoms with Crippen LogP contribution in [0.1, 0.15) is 5.56 Å². The number of nitro groups is 1. The Morgan fingerprint density at radius 1 is 1.24 bits per heavy atom. The van der Waals surface area contributed by atoms with Crippen LogP contribution in [0.2, 0.25) is 5.02 Å². The summed E-state index contributed by atoms with van der Waals surface area (Å²) in [4.78, 5) is 14.7. The van der Waals surface area contributed by atoms with E-state index in [2.05, 4.69) is 10.3 Å². The van der Waals surface area contributed by atoms with Gasteiger partial charge in [-0.2, -0.15) is 0 Å². The lowest BCUT2D eigenvalue weighted by Gasteiger charge is -2.12. The molecule has 2 aromatic carbocycles. The van der Waals surface area contributed by atoms with Gasteiger partial charge in [0.1, 0.15) is 0 Å². The number of nitro benzene ring substituents is 1. The molecule has 0 saturated heterocycles. The predicted molar refractivity (Wildman–Crippen MR) is 101 cm³/mol. The van der Waals surface area contributed by atoms with E-state index in [4.69, 9.17) is 11.6 Å². The van der Waals surface area contributed by atoms with Crippen molar-refractivity contribution in [2.45, 2.75) is 5.75 Å². The second-order valence-electron chi connectivity index (χ2n) is 5.46. The van der Waals surface area contributed by atoms with Gasteiger partial charge >= 0.3 is 0 Å². The van der Waals surface area contributed by atoms with Crippen LogP contribution in [-0.4, -0.2) is 20.4 Å². The molecule has 0 fully saturated rings. The summed E-state index contributed by atoms with van der Waals surface area (Å²) in [6.45, 7) is 0. The Kier molecular flexibility index (Phi) is 4.96. The number of rotatable bonds is 5. The first-order valence-corrected chi connectivity index (χ1v) is 9.43. The zero-order valence-corrected chi connectivity index (χ0v) is 14.8. The van der Waals surface area contributed by atoms with Crippen molar-refractivity contribution < 1.29 is 9.13 Å². The van der Waals surface area contributed by atoms with Crippen LogP contribution in [0.25, 0.3) is 10.8 Å². The summed E-state index contributed by atoms with van der Waals surface area (Å²) in [6.07, 6.45) is 4.68. The minimum atomic E-state index is -1.01. The quantitative estimate of drug-likeness (QED) is 0.527. The van der Waals surface area contributed by atoms with E-state index in [0.717, 1.165) is 11.3 Å². The molecule has 1 atom stereocenters. The molecule has 0 amide bonds. The highest BCUT2D eigenvalue weighted by molar-refractivity contribution is 7.83. The molecule has 3 aromatic rings. The predicted octanol–water partition coefficient (Wildman–Crippen LogP) is 4.42. The zero-order valence-electron chi connectivity index (χ0n) is 13.2. The van der Waals surface area contributed by atoms with Crippen molar-refractivity contribution in [2.24, 2.45) is 0 Å². The summed E-state index contributed by atoms with van der Waals surface area (Å²) >= 11 is 6.15. The van der Waals surface area contributed by atoms with Gasteiger partial charge in [-0.15, -0.1) is 0 Å². The Balaban J connectivity index is 2.03. The molecule has 1 aromatic heterocycles. The summed E-state index contributed by atoms with van der Waals surface area (Å²) < 4.78 is 11.5. The Morgan fingerprint density at radius 2 is 2.04 bits per heavy atom. The fraction of sp³-hybridized carbons (Fsp3) is 0.118. The van der Waals surface area contributed by atoms with Crippen LogP contribution in [0.4, 0.5) is 17.1 Å². The molecule has 0 saturated carbocycles. The zero-order chi connectivity index (χ0) is 18.0. The van der Waals surface area contributed by atoms with Gasteiger partial charge in [-0.3, -0.25) is 19.3 Å². The van der Waals surface area contributed by atoms with Gasteiger partial charge in [0.15, 0.2) is 0 Å². The summed E-state index contributed by atoms with van der Waals surface area (Å²) in [5.74, 6) is 0.360. The van der Waals surface area contributed by atoms with Crippen LogP contribution in [0.5, 0.6) is 0 Å². The number of halogens is 1. The highest BCUT2D eigenvalue weighted by Crippen LogP contribution is 2.33. The highest BCUT2D eigenvalue weighted by Gasteiger charge is 2.14. The van der Waals surface area contributed by atoms with E-state index in [1.54, 1.807) is 36.7 Å². The molecule has 0 aliphatic heterocycles. The maximum atomic E-state index is 11.5. The van der Waals surface area contributed by atoms with Crippen molar-refractivity contribution in [2.75, 3.05) is 11.6 Å². The van der Waals surface area contributed by atoms with Crippen molar-refractivity contribution in [3.63, 3.8) is 0 Å².